The largest absolute Gasteiger partial charge is 0.330 e. The zero-order valence-electron chi connectivity index (χ0n) is 28.3. The molecule has 2 saturated heterocycles. The Morgan fingerprint density at radius 3 is 2.33 bits per heavy atom. The minimum absolute atomic E-state index is 0.178. The maximum atomic E-state index is 6.33. The lowest BCUT2D eigenvalue weighted by molar-refractivity contribution is 0.0748. The third-order valence-corrected chi connectivity index (χ3v) is 10.6. The van der Waals surface area contributed by atoms with E-state index in [4.69, 9.17) is 27.3 Å². The van der Waals surface area contributed by atoms with E-state index < -0.39 is 0 Å². The number of rotatable bonds is 10. The zero-order valence-corrected chi connectivity index (χ0v) is 29.9. The minimum Gasteiger partial charge on any atom is -0.330 e. The van der Waals surface area contributed by atoms with Crippen molar-refractivity contribution in [2.24, 2.45) is 5.73 Å². The fraction of sp³-hybridized carbons (Fsp3) is 0.410. The first-order valence-corrected chi connectivity index (χ1v) is 18.9. The number of aromatic nitrogens is 5. The molecule has 7 rings (SSSR count). The van der Waals surface area contributed by atoms with Gasteiger partial charge in [0, 0.05) is 48.3 Å². The Morgan fingerprint density at radius 2 is 1.55 bits per heavy atom. The smallest absolute Gasteiger partial charge is 0.0984 e. The number of nitrogens with one attached hydrogen (secondary N) is 1. The number of likely N-dealkylation sites (tertiary alicyclic amines) is 1. The van der Waals surface area contributed by atoms with Gasteiger partial charge in [-0.1, -0.05) is 29.8 Å². The van der Waals surface area contributed by atoms with Crippen molar-refractivity contribution in [1.82, 2.24) is 35.1 Å². The van der Waals surface area contributed by atoms with Gasteiger partial charge in [0.2, 0.25) is 0 Å². The molecule has 10 heteroatoms. The van der Waals surface area contributed by atoms with Crippen molar-refractivity contribution in [3.05, 3.63) is 135 Å². The molecule has 3 unspecified atom stereocenters. The average molecular weight is 695 g/mol. The third kappa shape index (κ3) is 9.35. The number of unbranched alkanes of at least 4 members (excludes halogenated alkanes) is 1. The summed E-state index contributed by atoms with van der Waals surface area (Å²) >= 11 is 8.00. The monoisotopic (exact) mass is 694 g/mol. The van der Waals surface area contributed by atoms with Crippen molar-refractivity contribution < 1.29 is 0 Å². The molecule has 0 radical (unpaired) electrons. The summed E-state index contributed by atoms with van der Waals surface area (Å²) in [6.07, 6.45) is 17.3. The van der Waals surface area contributed by atoms with E-state index in [1.54, 1.807) is 17.5 Å². The van der Waals surface area contributed by atoms with Gasteiger partial charge in [0.25, 0.3) is 0 Å². The summed E-state index contributed by atoms with van der Waals surface area (Å²) in [7, 11) is 0. The fourth-order valence-corrected chi connectivity index (χ4v) is 8.04. The predicted molar refractivity (Wildman–Crippen MR) is 198 cm³/mol. The highest BCUT2D eigenvalue weighted by molar-refractivity contribution is 7.09. The molecule has 2 aliphatic rings. The summed E-state index contributed by atoms with van der Waals surface area (Å²) in [5.74, 6) is 0. The Hall–Kier alpha value is -3.60. The average Bonchev–Trinajstić information content (AvgIpc) is 3.66. The predicted octanol–water partition coefficient (Wildman–Crippen LogP) is 8.53. The lowest BCUT2D eigenvalue weighted by Crippen LogP contribution is -2.38. The van der Waals surface area contributed by atoms with Crippen molar-refractivity contribution in [1.29, 1.82) is 0 Å². The topological polar surface area (TPSA) is 106 Å². The normalized spacial score (nSPS) is 21.1. The highest BCUT2D eigenvalue weighted by Gasteiger charge is 2.34. The Kier molecular flexibility index (Phi) is 12.9. The SMILES string of the molecule is Cc1cccnc1C1CCCC(c2ccccn2)N1CCCCN.Clc1cccnc1[C@@H]1CCCC(c2cccc(Cc3nccs3)n2)N1. The van der Waals surface area contributed by atoms with Crippen LogP contribution < -0.4 is 11.1 Å². The molecule has 0 amide bonds. The zero-order chi connectivity index (χ0) is 33.8. The van der Waals surface area contributed by atoms with E-state index in [9.17, 15) is 0 Å². The molecule has 0 aromatic carbocycles. The van der Waals surface area contributed by atoms with Crippen molar-refractivity contribution in [3.8, 4) is 0 Å². The van der Waals surface area contributed by atoms with Crippen LogP contribution in [0.2, 0.25) is 5.02 Å². The highest BCUT2D eigenvalue weighted by Crippen LogP contribution is 2.41. The van der Waals surface area contributed by atoms with Gasteiger partial charge in [0.15, 0.2) is 0 Å². The van der Waals surface area contributed by atoms with E-state index in [1.807, 2.05) is 48.2 Å². The molecule has 5 aromatic heterocycles. The first kappa shape index (κ1) is 35.2. The molecule has 256 valence electrons. The molecule has 0 aliphatic carbocycles. The van der Waals surface area contributed by atoms with E-state index in [0.29, 0.717) is 12.1 Å². The van der Waals surface area contributed by atoms with Crippen LogP contribution in [0.25, 0.3) is 0 Å². The van der Waals surface area contributed by atoms with E-state index in [0.717, 1.165) is 78.7 Å². The van der Waals surface area contributed by atoms with Crippen LogP contribution >= 0.6 is 22.9 Å². The Balaban J connectivity index is 0.000000170. The number of hydrogen-bond donors (Lipinski definition) is 2. The van der Waals surface area contributed by atoms with Crippen molar-refractivity contribution in [2.75, 3.05) is 13.1 Å². The number of nitrogens with two attached hydrogens (primary N) is 1. The lowest BCUT2D eigenvalue weighted by Gasteiger charge is -2.42. The van der Waals surface area contributed by atoms with Crippen LogP contribution in [-0.2, 0) is 6.42 Å². The maximum Gasteiger partial charge on any atom is 0.0984 e. The van der Waals surface area contributed by atoms with Gasteiger partial charge in [-0.15, -0.1) is 11.3 Å². The van der Waals surface area contributed by atoms with Crippen LogP contribution in [-0.4, -0.2) is 42.9 Å². The fourth-order valence-electron chi connectivity index (χ4n) is 7.16. The molecule has 0 bridgehead atoms. The molecular weight excluding hydrogens is 648 g/mol. The van der Waals surface area contributed by atoms with E-state index >= 15 is 0 Å². The molecule has 5 aromatic rings. The molecule has 0 saturated carbocycles. The number of aryl methyl sites for hydroxylation is 1. The second kappa shape index (κ2) is 17.9. The van der Waals surface area contributed by atoms with Gasteiger partial charge >= 0.3 is 0 Å². The minimum atomic E-state index is 0.178. The van der Waals surface area contributed by atoms with Gasteiger partial charge in [0.1, 0.15) is 0 Å². The number of piperidine rings is 2. The van der Waals surface area contributed by atoms with Crippen molar-refractivity contribution >= 4 is 22.9 Å². The molecule has 49 heavy (non-hydrogen) atoms. The Labute approximate surface area is 299 Å². The summed E-state index contributed by atoms with van der Waals surface area (Å²) in [5, 5.41) is 7.52. The van der Waals surface area contributed by atoms with E-state index in [1.165, 1.54) is 36.2 Å². The number of thiazole rings is 1. The summed E-state index contributed by atoms with van der Waals surface area (Å²) in [6, 6.07) is 21.6. The van der Waals surface area contributed by atoms with Gasteiger partial charge in [-0.25, -0.2) is 4.98 Å². The molecule has 3 N–H and O–H groups in total. The first-order chi connectivity index (χ1) is 24.1. The summed E-state index contributed by atoms with van der Waals surface area (Å²) in [5.41, 5.74) is 12.5. The standard InChI is InChI=1S/C20H28N4.C19H19ClN4S/c1-16-8-7-14-23-20(16)19-11-6-10-18(17-9-2-4-13-22-17)24(19)15-5-3-12-21;20-14-5-3-9-22-19(14)17-8-2-7-16(24-17)15-6-1-4-13(23-15)12-18-21-10-11-25-18/h2,4,7-9,13-14,18-19H,3,5-6,10-12,15,21H2,1H3;1,3-6,9-11,16-17,24H,2,7-8,12H2/t;16?,17-/m.0/s1. The Morgan fingerprint density at radius 1 is 0.776 bits per heavy atom. The van der Waals surface area contributed by atoms with E-state index in [-0.39, 0.29) is 12.1 Å². The molecule has 2 fully saturated rings. The summed E-state index contributed by atoms with van der Waals surface area (Å²) in [6.45, 7) is 3.99. The van der Waals surface area contributed by atoms with Gasteiger partial charge in [0.05, 0.1) is 50.9 Å². The lowest BCUT2D eigenvalue weighted by atomic mass is 9.89. The van der Waals surface area contributed by atoms with Gasteiger partial charge in [-0.3, -0.25) is 24.8 Å². The Bertz CT molecular complexity index is 1720. The number of nitrogens with zero attached hydrogens (tertiary/aromatic N) is 6. The molecule has 8 nitrogen and oxygen atoms in total. The van der Waals surface area contributed by atoms with Crippen LogP contribution in [0.5, 0.6) is 0 Å². The maximum absolute atomic E-state index is 6.33. The van der Waals surface area contributed by atoms with Gasteiger partial charge in [-0.2, -0.15) is 0 Å². The highest BCUT2D eigenvalue weighted by atomic mass is 35.5. The van der Waals surface area contributed by atoms with Crippen LogP contribution in [0.3, 0.4) is 0 Å². The number of halogens is 1. The van der Waals surface area contributed by atoms with Crippen LogP contribution in [0.4, 0.5) is 0 Å². The van der Waals surface area contributed by atoms with Crippen LogP contribution in [0, 0.1) is 6.92 Å². The number of hydrogen-bond acceptors (Lipinski definition) is 9. The second-order valence-electron chi connectivity index (χ2n) is 12.9. The molecule has 4 atom stereocenters. The molecule has 2 aliphatic heterocycles. The molecule has 0 spiro atoms. The van der Waals surface area contributed by atoms with Crippen molar-refractivity contribution in [2.45, 2.75) is 88.9 Å². The van der Waals surface area contributed by atoms with Crippen molar-refractivity contribution in [3.63, 3.8) is 0 Å². The quantitative estimate of drug-likeness (QED) is 0.140. The van der Waals surface area contributed by atoms with E-state index in [2.05, 4.69) is 68.5 Å². The van der Waals surface area contributed by atoms with Crippen LogP contribution in [0.15, 0.2) is 90.8 Å². The summed E-state index contributed by atoms with van der Waals surface area (Å²) < 4.78 is 0. The second-order valence-corrected chi connectivity index (χ2v) is 14.3. The molecule has 7 heterocycles. The van der Waals surface area contributed by atoms with Gasteiger partial charge in [-0.05, 0) is 119 Å². The third-order valence-electron chi connectivity index (χ3n) is 9.53. The summed E-state index contributed by atoms with van der Waals surface area (Å²) in [4.78, 5) is 25.7. The van der Waals surface area contributed by atoms with Crippen LogP contribution in [0.1, 0.15) is 115 Å². The molecular formula is C39H47ClN8S. The van der Waals surface area contributed by atoms with Gasteiger partial charge < -0.3 is 11.1 Å². The first-order valence-electron chi connectivity index (χ1n) is 17.6. The number of pyridine rings is 4.